The summed E-state index contributed by atoms with van der Waals surface area (Å²) in [7, 11) is 0. The largest absolute Gasteiger partial charge is 0.334 e. The average molecular weight is 365 g/mol. The van der Waals surface area contributed by atoms with Crippen molar-refractivity contribution in [1.29, 1.82) is 0 Å². The van der Waals surface area contributed by atoms with E-state index in [0.717, 1.165) is 49.9 Å². The number of carbonyl (C=O) groups excluding carboxylic acids is 2. The molecule has 1 atom stereocenters. The van der Waals surface area contributed by atoms with Crippen LogP contribution in [0.1, 0.15) is 66.1 Å². The number of hydrogen-bond acceptors (Lipinski definition) is 3. The minimum Gasteiger partial charge on any atom is -0.334 e. The number of rotatable bonds is 5. The van der Waals surface area contributed by atoms with Crippen LogP contribution in [0.5, 0.6) is 0 Å². The highest BCUT2D eigenvalue weighted by atomic mass is 16.2. The molecule has 2 aromatic rings. The number of carbonyl (C=O) groups is 2. The van der Waals surface area contributed by atoms with Crippen molar-refractivity contribution < 1.29 is 9.59 Å². The molecule has 1 N–H and O–H groups in total. The number of benzene rings is 1. The summed E-state index contributed by atoms with van der Waals surface area (Å²) in [6.45, 7) is 4.92. The van der Waals surface area contributed by atoms with Crippen LogP contribution >= 0.6 is 0 Å². The third kappa shape index (κ3) is 4.35. The molecule has 0 radical (unpaired) electrons. The van der Waals surface area contributed by atoms with Crippen molar-refractivity contribution in [2.75, 3.05) is 11.9 Å². The number of pyridine rings is 1. The molecule has 0 bridgehead atoms. The van der Waals surface area contributed by atoms with Gasteiger partial charge in [0.15, 0.2) is 0 Å². The van der Waals surface area contributed by atoms with E-state index in [9.17, 15) is 9.59 Å². The van der Waals surface area contributed by atoms with Crippen LogP contribution in [0.25, 0.3) is 0 Å². The van der Waals surface area contributed by atoms with E-state index in [4.69, 9.17) is 0 Å². The monoisotopic (exact) mass is 365 g/mol. The molecule has 5 nitrogen and oxygen atoms in total. The number of hydrogen-bond donors (Lipinski definition) is 1. The molecule has 142 valence electrons. The highest BCUT2D eigenvalue weighted by Gasteiger charge is 2.27. The minimum atomic E-state index is -0.295. The summed E-state index contributed by atoms with van der Waals surface area (Å²) >= 11 is 0. The maximum atomic E-state index is 12.9. The molecule has 1 aliphatic rings. The Hall–Kier alpha value is -2.69. The van der Waals surface area contributed by atoms with Gasteiger partial charge in [0.2, 0.25) is 0 Å². The molecule has 2 amide bonds. The van der Waals surface area contributed by atoms with Crippen molar-refractivity contribution >= 4 is 17.5 Å². The molecule has 1 fully saturated rings. The van der Waals surface area contributed by atoms with Crippen molar-refractivity contribution in [2.24, 2.45) is 0 Å². The molecule has 1 aromatic carbocycles. The first kappa shape index (κ1) is 19.1. The van der Waals surface area contributed by atoms with E-state index in [2.05, 4.69) is 17.2 Å². The van der Waals surface area contributed by atoms with Crippen molar-refractivity contribution in [3.63, 3.8) is 0 Å². The van der Waals surface area contributed by atoms with Gasteiger partial charge in [-0.2, -0.15) is 0 Å². The lowest BCUT2D eigenvalue weighted by Crippen LogP contribution is -2.43. The second kappa shape index (κ2) is 8.80. The van der Waals surface area contributed by atoms with Gasteiger partial charge in [-0.05, 0) is 55.9 Å². The summed E-state index contributed by atoms with van der Waals surface area (Å²) in [6, 6.07) is 13.1. The summed E-state index contributed by atoms with van der Waals surface area (Å²) in [5.41, 5.74) is 2.45. The van der Waals surface area contributed by atoms with Crippen LogP contribution in [0.3, 0.4) is 0 Å². The Morgan fingerprint density at radius 1 is 1.07 bits per heavy atom. The van der Waals surface area contributed by atoms with E-state index >= 15 is 0 Å². The van der Waals surface area contributed by atoms with Gasteiger partial charge in [-0.1, -0.05) is 38.1 Å². The topological polar surface area (TPSA) is 62.3 Å². The van der Waals surface area contributed by atoms with E-state index in [0.29, 0.717) is 5.69 Å². The zero-order valence-electron chi connectivity index (χ0n) is 16.1. The smallest absolute Gasteiger partial charge is 0.274 e. The standard InChI is InChI=1S/C22H27N3O2/c1-3-16-10-5-6-12-18(16)24-21(26)19-13-9-14-20(23-19)22(27)25-15-8-7-11-17(25)4-2/h5-6,9-10,12-14,17H,3-4,7-8,11,15H2,1-2H3,(H,24,26). The van der Waals surface area contributed by atoms with Gasteiger partial charge in [-0.15, -0.1) is 0 Å². The van der Waals surface area contributed by atoms with Crippen LogP contribution in [-0.4, -0.2) is 34.3 Å². The highest BCUT2D eigenvalue weighted by molar-refractivity contribution is 6.04. The van der Waals surface area contributed by atoms with Gasteiger partial charge in [0.1, 0.15) is 11.4 Å². The predicted octanol–water partition coefficient (Wildman–Crippen LogP) is 4.30. The Kier molecular flexibility index (Phi) is 6.22. The lowest BCUT2D eigenvalue weighted by molar-refractivity contribution is 0.0602. The first-order valence-corrected chi connectivity index (χ1v) is 9.81. The normalized spacial score (nSPS) is 16.8. The van der Waals surface area contributed by atoms with Crippen LogP contribution in [-0.2, 0) is 6.42 Å². The number of para-hydroxylation sites is 1. The first-order chi connectivity index (χ1) is 13.1. The van der Waals surface area contributed by atoms with Crippen molar-refractivity contribution in [3.8, 4) is 0 Å². The SMILES string of the molecule is CCc1ccccc1NC(=O)c1cccc(C(=O)N2CCCCC2CC)n1. The molecule has 0 spiro atoms. The molecular formula is C22H27N3O2. The average Bonchev–Trinajstić information content (AvgIpc) is 2.73. The summed E-state index contributed by atoms with van der Waals surface area (Å²) in [5, 5.41) is 2.92. The maximum absolute atomic E-state index is 12.9. The number of piperidine rings is 1. The van der Waals surface area contributed by atoms with Crippen molar-refractivity contribution in [3.05, 3.63) is 59.4 Å². The summed E-state index contributed by atoms with van der Waals surface area (Å²) in [4.78, 5) is 31.9. The van der Waals surface area contributed by atoms with E-state index in [1.54, 1.807) is 18.2 Å². The van der Waals surface area contributed by atoms with Gasteiger partial charge in [0, 0.05) is 18.3 Å². The molecule has 1 saturated heterocycles. The van der Waals surface area contributed by atoms with Crippen LogP contribution in [0.2, 0.25) is 0 Å². The minimum absolute atomic E-state index is 0.0786. The number of aryl methyl sites for hydroxylation is 1. The molecule has 1 aliphatic heterocycles. The van der Waals surface area contributed by atoms with Gasteiger partial charge in [0.05, 0.1) is 0 Å². The Morgan fingerprint density at radius 3 is 2.63 bits per heavy atom. The molecular weight excluding hydrogens is 338 g/mol. The Labute approximate surface area is 160 Å². The molecule has 3 rings (SSSR count). The number of anilines is 1. The summed E-state index contributed by atoms with van der Waals surface area (Å²) in [5.74, 6) is -0.374. The fraction of sp³-hybridized carbons (Fsp3) is 0.409. The first-order valence-electron chi connectivity index (χ1n) is 9.81. The number of nitrogens with zero attached hydrogens (tertiary/aromatic N) is 2. The Morgan fingerprint density at radius 2 is 1.85 bits per heavy atom. The maximum Gasteiger partial charge on any atom is 0.274 e. The molecule has 0 saturated carbocycles. The van der Waals surface area contributed by atoms with Crippen molar-refractivity contribution in [2.45, 2.75) is 52.0 Å². The molecule has 2 heterocycles. The van der Waals surface area contributed by atoms with Gasteiger partial charge in [-0.25, -0.2) is 4.98 Å². The summed E-state index contributed by atoms with van der Waals surface area (Å²) < 4.78 is 0. The molecule has 0 aliphatic carbocycles. The van der Waals surface area contributed by atoms with Crippen LogP contribution in [0, 0.1) is 0 Å². The summed E-state index contributed by atoms with van der Waals surface area (Å²) in [6.07, 6.45) is 5.00. The third-order valence-corrected chi connectivity index (χ3v) is 5.21. The quantitative estimate of drug-likeness (QED) is 0.859. The van der Waals surface area contributed by atoms with Crippen LogP contribution in [0.4, 0.5) is 5.69 Å². The Balaban J connectivity index is 1.78. The number of nitrogens with one attached hydrogen (secondary N) is 1. The van der Waals surface area contributed by atoms with Gasteiger partial charge in [0.25, 0.3) is 11.8 Å². The molecule has 27 heavy (non-hydrogen) atoms. The fourth-order valence-corrected chi connectivity index (χ4v) is 3.66. The third-order valence-electron chi connectivity index (χ3n) is 5.21. The fourth-order valence-electron chi connectivity index (χ4n) is 3.66. The predicted molar refractivity (Wildman–Crippen MR) is 107 cm³/mol. The second-order valence-corrected chi connectivity index (χ2v) is 6.93. The number of likely N-dealkylation sites (tertiary alicyclic amines) is 1. The van der Waals surface area contributed by atoms with E-state index in [-0.39, 0.29) is 23.6 Å². The van der Waals surface area contributed by atoms with E-state index in [1.165, 1.54) is 0 Å². The Bertz CT molecular complexity index is 819. The van der Waals surface area contributed by atoms with Gasteiger partial charge in [-0.3, -0.25) is 9.59 Å². The second-order valence-electron chi connectivity index (χ2n) is 6.93. The highest BCUT2D eigenvalue weighted by Crippen LogP contribution is 2.22. The van der Waals surface area contributed by atoms with Gasteiger partial charge < -0.3 is 10.2 Å². The van der Waals surface area contributed by atoms with E-state index in [1.807, 2.05) is 36.1 Å². The molecule has 1 aromatic heterocycles. The van der Waals surface area contributed by atoms with Gasteiger partial charge >= 0.3 is 0 Å². The number of aromatic nitrogens is 1. The lowest BCUT2D eigenvalue weighted by atomic mass is 9.99. The van der Waals surface area contributed by atoms with E-state index < -0.39 is 0 Å². The van der Waals surface area contributed by atoms with Crippen LogP contribution < -0.4 is 5.32 Å². The van der Waals surface area contributed by atoms with Crippen molar-refractivity contribution in [1.82, 2.24) is 9.88 Å². The molecule has 5 heteroatoms. The zero-order valence-corrected chi connectivity index (χ0v) is 16.1. The van der Waals surface area contributed by atoms with Crippen LogP contribution in [0.15, 0.2) is 42.5 Å². The lowest BCUT2D eigenvalue weighted by Gasteiger charge is -2.35. The number of amides is 2. The molecule has 1 unspecified atom stereocenters. The zero-order chi connectivity index (χ0) is 19.2.